The Morgan fingerprint density at radius 2 is 2.18 bits per heavy atom. The second-order valence-electron chi connectivity index (χ2n) is 3.86. The molecule has 1 N–H and O–H groups in total. The minimum atomic E-state index is -0.875. The van der Waals surface area contributed by atoms with Crippen LogP contribution in [-0.2, 0) is 11.3 Å². The van der Waals surface area contributed by atoms with E-state index in [9.17, 15) is 4.79 Å². The number of nitrogens with zero attached hydrogens (tertiary/aromatic N) is 1. The van der Waals surface area contributed by atoms with Gasteiger partial charge in [-0.05, 0) is 41.5 Å². The van der Waals surface area contributed by atoms with Crippen LogP contribution in [0.1, 0.15) is 36.7 Å². The molecular formula is C12H18INO3. The van der Waals surface area contributed by atoms with Crippen molar-refractivity contribution in [1.82, 2.24) is 4.57 Å². The number of rotatable bonds is 8. The first-order valence-electron chi connectivity index (χ1n) is 5.82. The molecule has 0 aromatic carbocycles. The second kappa shape index (κ2) is 7.71. The molecule has 0 radical (unpaired) electrons. The number of carboxylic acids is 1. The lowest BCUT2D eigenvalue weighted by atomic mass is 10.3. The number of unbranched alkanes of at least 4 members (excludes halogenated alkanes) is 1. The maximum atomic E-state index is 11.0. The van der Waals surface area contributed by atoms with Gasteiger partial charge >= 0.3 is 5.97 Å². The highest BCUT2D eigenvalue weighted by atomic mass is 127. The minimum Gasteiger partial charge on any atom is -0.477 e. The molecule has 0 fully saturated rings. The van der Waals surface area contributed by atoms with Crippen LogP contribution in [0.2, 0.25) is 0 Å². The second-order valence-corrected chi connectivity index (χ2v) is 5.11. The fourth-order valence-corrected chi connectivity index (χ4v) is 2.16. The molecule has 1 aromatic rings. The van der Waals surface area contributed by atoms with Gasteiger partial charge in [-0.2, -0.15) is 0 Å². The van der Waals surface area contributed by atoms with E-state index in [2.05, 4.69) is 29.5 Å². The van der Waals surface area contributed by atoms with Gasteiger partial charge < -0.3 is 14.4 Å². The Kier molecular flexibility index (Phi) is 6.57. The number of carbonyl (C=O) groups is 1. The van der Waals surface area contributed by atoms with E-state index >= 15 is 0 Å². The zero-order chi connectivity index (χ0) is 12.7. The molecule has 0 bridgehead atoms. The van der Waals surface area contributed by atoms with E-state index in [0.29, 0.717) is 18.8 Å². The fraction of sp³-hybridized carbons (Fsp3) is 0.583. The van der Waals surface area contributed by atoms with Gasteiger partial charge in [-0.25, -0.2) is 4.79 Å². The van der Waals surface area contributed by atoms with Gasteiger partial charge in [0.05, 0.1) is 0 Å². The molecule has 0 atom stereocenters. The number of aryl methyl sites for hydroxylation is 1. The first-order valence-corrected chi connectivity index (χ1v) is 6.89. The van der Waals surface area contributed by atoms with Crippen LogP contribution < -0.4 is 0 Å². The lowest BCUT2D eigenvalue weighted by molar-refractivity contribution is 0.0683. The van der Waals surface area contributed by atoms with Crippen LogP contribution in [0, 0.1) is 3.57 Å². The third-order valence-electron chi connectivity index (χ3n) is 2.41. The summed E-state index contributed by atoms with van der Waals surface area (Å²) in [5, 5.41) is 9.00. The van der Waals surface area contributed by atoms with E-state index in [1.807, 2.05) is 6.20 Å². The van der Waals surface area contributed by atoms with Crippen LogP contribution in [0.3, 0.4) is 0 Å². The summed E-state index contributed by atoms with van der Waals surface area (Å²) in [7, 11) is 0. The van der Waals surface area contributed by atoms with Gasteiger partial charge in [-0.1, -0.05) is 13.3 Å². The molecule has 0 saturated heterocycles. The molecule has 96 valence electrons. The predicted octanol–water partition coefficient (Wildman–Crippen LogP) is 3.00. The van der Waals surface area contributed by atoms with E-state index in [0.717, 1.165) is 29.4 Å². The topological polar surface area (TPSA) is 51.5 Å². The molecule has 0 aliphatic rings. The lowest BCUT2D eigenvalue weighted by Crippen LogP contribution is -2.09. The summed E-state index contributed by atoms with van der Waals surface area (Å²) in [6.45, 7) is 4.31. The first-order chi connectivity index (χ1) is 8.15. The number of aromatic nitrogens is 1. The average molecular weight is 351 g/mol. The predicted molar refractivity (Wildman–Crippen MR) is 74.5 cm³/mol. The summed E-state index contributed by atoms with van der Waals surface area (Å²) >= 11 is 2.12. The van der Waals surface area contributed by atoms with Crippen molar-refractivity contribution in [2.75, 3.05) is 13.2 Å². The normalized spacial score (nSPS) is 10.7. The zero-order valence-corrected chi connectivity index (χ0v) is 12.1. The molecular weight excluding hydrogens is 333 g/mol. The molecule has 1 heterocycles. The van der Waals surface area contributed by atoms with E-state index < -0.39 is 5.97 Å². The van der Waals surface area contributed by atoms with Crippen LogP contribution in [0.4, 0.5) is 0 Å². The molecule has 0 aliphatic carbocycles. The van der Waals surface area contributed by atoms with Crippen LogP contribution >= 0.6 is 22.6 Å². The van der Waals surface area contributed by atoms with Gasteiger partial charge in [0.25, 0.3) is 0 Å². The smallest absolute Gasteiger partial charge is 0.352 e. The number of carboxylic acid groups (broad SMARTS) is 1. The molecule has 0 amide bonds. The lowest BCUT2D eigenvalue weighted by Gasteiger charge is -2.06. The molecule has 0 saturated carbocycles. The Hall–Kier alpha value is -0.560. The van der Waals surface area contributed by atoms with Crippen molar-refractivity contribution in [2.45, 2.75) is 32.7 Å². The number of aromatic carboxylic acids is 1. The van der Waals surface area contributed by atoms with Crippen molar-refractivity contribution in [3.63, 3.8) is 0 Å². The van der Waals surface area contributed by atoms with Crippen molar-refractivity contribution < 1.29 is 14.6 Å². The molecule has 5 heteroatoms. The summed E-state index contributed by atoms with van der Waals surface area (Å²) < 4.78 is 8.16. The van der Waals surface area contributed by atoms with Crippen LogP contribution in [0.15, 0.2) is 12.3 Å². The fourth-order valence-electron chi connectivity index (χ4n) is 1.52. The average Bonchev–Trinajstić information content (AvgIpc) is 2.65. The van der Waals surface area contributed by atoms with Crippen molar-refractivity contribution in [1.29, 1.82) is 0 Å². The standard InChI is InChI=1S/C12H18INO3/c1-2-3-6-17-7-4-5-14-9-10(13)8-11(14)12(15)16/h8-9H,2-7H2,1H3,(H,15,16). The molecule has 1 aromatic heterocycles. The summed E-state index contributed by atoms with van der Waals surface area (Å²) in [5.74, 6) is -0.875. The highest BCUT2D eigenvalue weighted by Crippen LogP contribution is 2.12. The summed E-state index contributed by atoms with van der Waals surface area (Å²) in [6.07, 6.45) is 4.92. The van der Waals surface area contributed by atoms with Gasteiger partial charge in [0.1, 0.15) is 5.69 Å². The molecule has 4 nitrogen and oxygen atoms in total. The Labute approximate surface area is 115 Å². The van der Waals surface area contributed by atoms with E-state index in [1.54, 1.807) is 10.6 Å². The molecule has 0 aliphatic heterocycles. The van der Waals surface area contributed by atoms with Gasteiger partial charge in [0.2, 0.25) is 0 Å². The van der Waals surface area contributed by atoms with Gasteiger partial charge in [-0.3, -0.25) is 0 Å². The molecule has 17 heavy (non-hydrogen) atoms. The molecule has 0 spiro atoms. The summed E-state index contributed by atoms with van der Waals surface area (Å²) in [4.78, 5) is 11.0. The Morgan fingerprint density at radius 1 is 1.47 bits per heavy atom. The Balaban J connectivity index is 2.33. The van der Waals surface area contributed by atoms with Gasteiger partial charge in [0, 0.05) is 29.5 Å². The number of halogens is 1. The number of ether oxygens (including phenoxy) is 1. The maximum Gasteiger partial charge on any atom is 0.352 e. The van der Waals surface area contributed by atoms with Gasteiger partial charge in [-0.15, -0.1) is 0 Å². The quantitative estimate of drug-likeness (QED) is 0.579. The van der Waals surface area contributed by atoms with Crippen molar-refractivity contribution in [2.24, 2.45) is 0 Å². The number of hydrogen-bond donors (Lipinski definition) is 1. The first kappa shape index (κ1) is 14.5. The number of hydrogen-bond acceptors (Lipinski definition) is 2. The minimum absolute atomic E-state index is 0.350. The van der Waals surface area contributed by atoms with Crippen LogP contribution in [-0.4, -0.2) is 28.9 Å². The Morgan fingerprint density at radius 3 is 2.82 bits per heavy atom. The van der Waals surface area contributed by atoms with Crippen molar-refractivity contribution in [3.05, 3.63) is 21.5 Å². The van der Waals surface area contributed by atoms with Crippen molar-refractivity contribution >= 4 is 28.6 Å². The van der Waals surface area contributed by atoms with E-state index in [4.69, 9.17) is 9.84 Å². The maximum absolute atomic E-state index is 11.0. The third kappa shape index (κ3) is 5.08. The third-order valence-corrected chi connectivity index (χ3v) is 3.00. The largest absolute Gasteiger partial charge is 0.477 e. The highest BCUT2D eigenvalue weighted by Gasteiger charge is 2.10. The highest BCUT2D eigenvalue weighted by molar-refractivity contribution is 14.1. The Bertz CT molecular complexity index is 363. The zero-order valence-electron chi connectivity index (χ0n) is 9.99. The van der Waals surface area contributed by atoms with E-state index in [1.165, 1.54) is 0 Å². The van der Waals surface area contributed by atoms with E-state index in [-0.39, 0.29) is 0 Å². The monoisotopic (exact) mass is 351 g/mol. The molecule has 0 unspecified atom stereocenters. The van der Waals surface area contributed by atoms with Crippen LogP contribution in [0.5, 0.6) is 0 Å². The van der Waals surface area contributed by atoms with Crippen molar-refractivity contribution in [3.8, 4) is 0 Å². The molecule has 1 rings (SSSR count). The SMILES string of the molecule is CCCCOCCCn1cc(I)cc1C(=O)O. The van der Waals surface area contributed by atoms with Crippen LogP contribution in [0.25, 0.3) is 0 Å². The summed E-state index contributed by atoms with van der Waals surface area (Å²) in [6, 6.07) is 1.68. The van der Waals surface area contributed by atoms with Gasteiger partial charge in [0.15, 0.2) is 0 Å². The summed E-state index contributed by atoms with van der Waals surface area (Å²) in [5.41, 5.74) is 0.350.